The van der Waals surface area contributed by atoms with Crippen LogP contribution in [0, 0.1) is 0 Å². The Morgan fingerprint density at radius 2 is 2.25 bits per heavy atom. The lowest BCUT2D eigenvalue weighted by Crippen LogP contribution is -1.70. The van der Waals surface area contributed by atoms with Crippen LogP contribution in [0.4, 0.5) is 0 Å². The molecule has 0 atom stereocenters. The minimum atomic E-state index is 0.965. The summed E-state index contributed by atoms with van der Waals surface area (Å²) in [6, 6.07) is 0. The Morgan fingerprint density at radius 3 is 2.62 bits per heavy atom. The maximum absolute atomic E-state index is 4.04. The van der Waals surface area contributed by atoms with Crippen LogP contribution in [-0.2, 0) is 0 Å². The van der Waals surface area contributed by atoms with Crippen molar-refractivity contribution in [1.82, 2.24) is 0 Å². The van der Waals surface area contributed by atoms with E-state index in [4.69, 9.17) is 0 Å². The SMILES string of the molecule is C=CCCCC(=C)S. The molecular weight excluding hydrogens is 116 g/mol. The third kappa shape index (κ3) is 5.83. The summed E-state index contributed by atoms with van der Waals surface area (Å²) >= 11 is 4.04. The van der Waals surface area contributed by atoms with Crippen molar-refractivity contribution in [2.45, 2.75) is 19.3 Å². The number of thiol groups is 1. The summed E-state index contributed by atoms with van der Waals surface area (Å²) in [6.07, 6.45) is 5.12. The molecule has 0 amide bonds. The molecule has 0 aliphatic carbocycles. The molecule has 0 aliphatic rings. The van der Waals surface area contributed by atoms with Crippen molar-refractivity contribution >= 4 is 12.6 Å². The van der Waals surface area contributed by atoms with E-state index in [0.717, 1.165) is 24.2 Å². The van der Waals surface area contributed by atoms with E-state index in [0.29, 0.717) is 0 Å². The summed E-state index contributed by atoms with van der Waals surface area (Å²) < 4.78 is 0. The van der Waals surface area contributed by atoms with Gasteiger partial charge in [-0.15, -0.1) is 19.2 Å². The summed E-state index contributed by atoms with van der Waals surface area (Å²) in [5.74, 6) is 0. The molecule has 0 aromatic carbocycles. The Bertz CT molecular complexity index is 84.4. The van der Waals surface area contributed by atoms with Gasteiger partial charge in [-0.05, 0) is 24.2 Å². The van der Waals surface area contributed by atoms with Crippen molar-refractivity contribution in [3.05, 3.63) is 24.1 Å². The second-order valence-electron chi connectivity index (χ2n) is 1.75. The molecule has 0 spiro atoms. The van der Waals surface area contributed by atoms with Crippen molar-refractivity contribution < 1.29 is 0 Å². The predicted octanol–water partition coefficient (Wildman–Crippen LogP) is 2.79. The molecule has 0 heterocycles. The van der Waals surface area contributed by atoms with Crippen LogP contribution < -0.4 is 0 Å². The highest BCUT2D eigenvalue weighted by Gasteiger charge is 1.83. The minimum Gasteiger partial charge on any atom is -0.149 e. The smallest absolute Gasteiger partial charge is 0.0224 e. The minimum absolute atomic E-state index is 0.965. The Balaban J connectivity index is 2.93. The molecule has 1 heteroatoms. The molecule has 0 aromatic rings. The highest BCUT2D eigenvalue weighted by Crippen LogP contribution is 2.07. The Labute approximate surface area is 56.7 Å². The summed E-state index contributed by atoms with van der Waals surface area (Å²) in [6.45, 7) is 7.26. The van der Waals surface area contributed by atoms with Gasteiger partial charge in [-0.1, -0.05) is 12.7 Å². The third-order valence-electron chi connectivity index (χ3n) is 0.874. The largest absolute Gasteiger partial charge is 0.149 e. The lowest BCUT2D eigenvalue weighted by atomic mass is 10.2. The van der Waals surface area contributed by atoms with Crippen LogP contribution in [0.5, 0.6) is 0 Å². The van der Waals surface area contributed by atoms with Crippen LogP contribution in [0.3, 0.4) is 0 Å². The molecule has 0 saturated heterocycles. The van der Waals surface area contributed by atoms with Gasteiger partial charge < -0.3 is 0 Å². The molecule has 0 saturated carbocycles. The van der Waals surface area contributed by atoms with Crippen molar-refractivity contribution in [1.29, 1.82) is 0 Å². The van der Waals surface area contributed by atoms with E-state index in [-0.39, 0.29) is 0 Å². The summed E-state index contributed by atoms with van der Waals surface area (Å²) in [5, 5.41) is 0. The van der Waals surface area contributed by atoms with Gasteiger partial charge in [0, 0.05) is 0 Å². The summed E-state index contributed by atoms with van der Waals surface area (Å²) in [4.78, 5) is 0.965. The number of unbranched alkanes of at least 4 members (excludes halogenated alkanes) is 1. The van der Waals surface area contributed by atoms with E-state index >= 15 is 0 Å². The molecule has 0 radical (unpaired) electrons. The molecule has 46 valence electrons. The fourth-order valence-electron chi connectivity index (χ4n) is 0.450. The van der Waals surface area contributed by atoms with Gasteiger partial charge in [0.2, 0.25) is 0 Å². The molecule has 0 nitrogen and oxygen atoms in total. The van der Waals surface area contributed by atoms with Crippen LogP contribution in [0.1, 0.15) is 19.3 Å². The zero-order valence-electron chi connectivity index (χ0n) is 5.06. The van der Waals surface area contributed by atoms with Crippen LogP contribution in [-0.4, -0.2) is 0 Å². The second kappa shape index (κ2) is 4.98. The van der Waals surface area contributed by atoms with E-state index in [2.05, 4.69) is 25.8 Å². The normalized spacial score (nSPS) is 8.62. The lowest BCUT2D eigenvalue weighted by molar-refractivity contribution is 0.864. The van der Waals surface area contributed by atoms with Gasteiger partial charge in [0.1, 0.15) is 0 Å². The van der Waals surface area contributed by atoms with Crippen molar-refractivity contribution in [3.8, 4) is 0 Å². The monoisotopic (exact) mass is 128 g/mol. The van der Waals surface area contributed by atoms with Gasteiger partial charge in [-0.25, -0.2) is 0 Å². The zero-order valence-corrected chi connectivity index (χ0v) is 5.95. The van der Waals surface area contributed by atoms with Gasteiger partial charge in [-0.3, -0.25) is 0 Å². The molecule has 8 heavy (non-hydrogen) atoms. The second-order valence-corrected chi connectivity index (χ2v) is 2.38. The first-order valence-electron chi connectivity index (χ1n) is 2.75. The molecule has 0 fully saturated rings. The first-order valence-corrected chi connectivity index (χ1v) is 3.19. The van der Waals surface area contributed by atoms with Crippen molar-refractivity contribution in [2.75, 3.05) is 0 Å². The molecule has 0 bridgehead atoms. The van der Waals surface area contributed by atoms with E-state index in [1.807, 2.05) is 6.08 Å². The van der Waals surface area contributed by atoms with Crippen LogP contribution >= 0.6 is 12.6 Å². The highest BCUT2D eigenvalue weighted by atomic mass is 32.1. The van der Waals surface area contributed by atoms with E-state index < -0.39 is 0 Å². The molecule has 0 unspecified atom stereocenters. The molecule has 0 aromatic heterocycles. The fourth-order valence-corrected chi connectivity index (χ4v) is 0.609. The number of rotatable bonds is 4. The van der Waals surface area contributed by atoms with Crippen molar-refractivity contribution in [3.63, 3.8) is 0 Å². The summed E-state index contributed by atoms with van der Waals surface area (Å²) in [7, 11) is 0. The maximum atomic E-state index is 4.04. The predicted molar refractivity (Wildman–Crippen MR) is 42.2 cm³/mol. The van der Waals surface area contributed by atoms with Gasteiger partial charge in [0.15, 0.2) is 0 Å². The van der Waals surface area contributed by atoms with Crippen LogP contribution in [0.25, 0.3) is 0 Å². The maximum Gasteiger partial charge on any atom is -0.0224 e. The standard InChI is InChI=1S/C7H12S/c1-3-4-5-6-7(2)8/h3,8H,1-2,4-6H2. The molecule has 0 N–H and O–H groups in total. The third-order valence-corrected chi connectivity index (χ3v) is 1.10. The topological polar surface area (TPSA) is 0 Å². The van der Waals surface area contributed by atoms with Gasteiger partial charge >= 0.3 is 0 Å². The molecule has 0 aliphatic heterocycles. The molecular formula is C7H12S. The Morgan fingerprint density at radius 1 is 1.62 bits per heavy atom. The highest BCUT2D eigenvalue weighted by molar-refractivity contribution is 7.84. The van der Waals surface area contributed by atoms with Gasteiger partial charge in [0.05, 0.1) is 0 Å². The first kappa shape index (κ1) is 7.83. The van der Waals surface area contributed by atoms with Gasteiger partial charge in [0.25, 0.3) is 0 Å². The molecule has 0 rings (SSSR count). The van der Waals surface area contributed by atoms with Crippen LogP contribution in [0.15, 0.2) is 24.1 Å². The van der Waals surface area contributed by atoms with Gasteiger partial charge in [-0.2, -0.15) is 0 Å². The number of hydrogen-bond donors (Lipinski definition) is 1. The van der Waals surface area contributed by atoms with Crippen molar-refractivity contribution in [2.24, 2.45) is 0 Å². The zero-order chi connectivity index (χ0) is 6.41. The lowest BCUT2D eigenvalue weighted by Gasteiger charge is -1.92. The van der Waals surface area contributed by atoms with E-state index in [1.54, 1.807) is 0 Å². The number of hydrogen-bond acceptors (Lipinski definition) is 1. The van der Waals surface area contributed by atoms with E-state index in [9.17, 15) is 0 Å². The number of allylic oxidation sites excluding steroid dienone is 2. The van der Waals surface area contributed by atoms with E-state index in [1.165, 1.54) is 0 Å². The quantitative estimate of drug-likeness (QED) is 0.336. The fraction of sp³-hybridized carbons (Fsp3) is 0.429. The Kier molecular flexibility index (Phi) is 4.87. The summed E-state index contributed by atoms with van der Waals surface area (Å²) in [5.41, 5.74) is 0. The first-order chi connectivity index (χ1) is 3.77. The Hall–Kier alpha value is -0.170. The van der Waals surface area contributed by atoms with Crippen LogP contribution in [0.2, 0.25) is 0 Å². The average Bonchev–Trinajstić information content (AvgIpc) is 1.66. The average molecular weight is 128 g/mol.